The van der Waals surface area contributed by atoms with Crippen LogP contribution in [0.2, 0.25) is 0 Å². The van der Waals surface area contributed by atoms with E-state index in [0.717, 1.165) is 6.42 Å². The fourth-order valence-electron chi connectivity index (χ4n) is 11.2. The van der Waals surface area contributed by atoms with Crippen molar-refractivity contribution in [3.63, 3.8) is 0 Å². The van der Waals surface area contributed by atoms with Crippen LogP contribution in [0.4, 0.5) is 0 Å². The molecule has 292 valence electrons. The van der Waals surface area contributed by atoms with E-state index in [9.17, 15) is 0 Å². The van der Waals surface area contributed by atoms with Gasteiger partial charge in [-0.3, -0.25) is 4.99 Å². The largest absolute Gasteiger partial charge is 0.382 e. The highest BCUT2D eigenvalue weighted by Gasteiger charge is 2.39. The molecule has 0 radical (unpaired) electrons. The number of dihydropyridines is 1. The number of nitrogens with one attached hydrogen (secondary N) is 4. The first kappa shape index (κ1) is 37.1. The van der Waals surface area contributed by atoms with Crippen LogP contribution in [-0.4, -0.2) is 17.9 Å². The normalized spacial score (nSPS) is 31.3. The van der Waals surface area contributed by atoms with E-state index in [4.69, 9.17) is 4.99 Å². The molecule has 56 heavy (non-hydrogen) atoms. The second-order valence-corrected chi connectivity index (χ2v) is 17.9. The van der Waals surface area contributed by atoms with E-state index in [0.29, 0.717) is 35.6 Å². The van der Waals surface area contributed by atoms with Crippen LogP contribution in [0.1, 0.15) is 126 Å². The van der Waals surface area contributed by atoms with E-state index < -0.39 is 0 Å². The summed E-state index contributed by atoms with van der Waals surface area (Å²) in [5, 5.41) is 16.3. The molecule has 3 fully saturated rings. The molecular weight excluding hydrogens is 683 g/mol. The summed E-state index contributed by atoms with van der Waals surface area (Å²) in [6, 6.07) is 33.8. The van der Waals surface area contributed by atoms with Crippen LogP contribution in [0.15, 0.2) is 137 Å². The predicted molar refractivity (Wildman–Crippen MR) is 232 cm³/mol. The topological polar surface area (TPSA) is 60.5 Å². The molecule has 3 heterocycles. The van der Waals surface area contributed by atoms with Crippen LogP contribution in [0.5, 0.6) is 0 Å². The van der Waals surface area contributed by atoms with Crippen molar-refractivity contribution >= 4 is 11.4 Å². The van der Waals surface area contributed by atoms with E-state index >= 15 is 0 Å². The Labute approximate surface area is 336 Å². The zero-order chi connectivity index (χ0) is 37.8. The summed E-state index contributed by atoms with van der Waals surface area (Å²) in [7, 11) is 0. The lowest BCUT2D eigenvalue weighted by molar-refractivity contribution is 0.256. The van der Waals surface area contributed by atoms with Crippen molar-refractivity contribution in [1.29, 1.82) is 0 Å². The summed E-state index contributed by atoms with van der Waals surface area (Å²) in [6.07, 6.45) is 24.1. The van der Waals surface area contributed by atoms with Gasteiger partial charge < -0.3 is 21.3 Å². The molecule has 5 heteroatoms. The van der Waals surface area contributed by atoms with E-state index in [1.165, 1.54) is 122 Å². The minimum Gasteiger partial charge on any atom is -0.382 e. The summed E-state index contributed by atoms with van der Waals surface area (Å²) in [4.78, 5) is 5.72. The molecule has 9 rings (SSSR count). The van der Waals surface area contributed by atoms with Crippen molar-refractivity contribution in [2.75, 3.05) is 0 Å². The number of benzene rings is 3. The van der Waals surface area contributed by atoms with Crippen LogP contribution < -0.4 is 21.3 Å². The molecule has 6 aliphatic rings. The molecule has 4 N–H and O–H groups in total. The number of nitrogens with zero attached hydrogens (tertiary/aromatic N) is 1. The second kappa shape index (κ2) is 16.9. The molecule has 5 nitrogen and oxygen atoms in total. The van der Waals surface area contributed by atoms with Crippen molar-refractivity contribution in [2.24, 2.45) is 34.6 Å². The molecule has 8 unspecified atom stereocenters. The van der Waals surface area contributed by atoms with Crippen LogP contribution in [0.3, 0.4) is 0 Å². The molecule has 0 amide bonds. The van der Waals surface area contributed by atoms with Crippen LogP contribution in [0.25, 0.3) is 5.70 Å². The van der Waals surface area contributed by atoms with Gasteiger partial charge in [0.05, 0.1) is 17.8 Å². The van der Waals surface area contributed by atoms with E-state index in [1.54, 1.807) is 5.57 Å². The maximum Gasteiger partial charge on any atom is 0.121 e. The molecule has 3 aromatic carbocycles. The third-order valence-corrected chi connectivity index (χ3v) is 14.2. The number of allylic oxidation sites excluding steroid dienone is 6. The van der Waals surface area contributed by atoms with Crippen molar-refractivity contribution in [3.05, 3.63) is 149 Å². The van der Waals surface area contributed by atoms with E-state index in [2.05, 4.69) is 144 Å². The smallest absolute Gasteiger partial charge is 0.121 e. The third kappa shape index (κ3) is 8.02. The monoisotopic (exact) mass is 746 g/mol. The molecule has 0 aromatic heterocycles. The van der Waals surface area contributed by atoms with Gasteiger partial charge in [0.25, 0.3) is 0 Å². The molecule has 0 saturated heterocycles. The van der Waals surface area contributed by atoms with Gasteiger partial charge in [-0.15, -0.1) is 0 Å². The fourth-order valence-corrected chi connectivity index (χ4v) is 11.2. The maximum atomic E-state index is 5.72. The molecule has 0 spiro atoms. The van der Waals surface area contributed by atoms with Gasteiger partial charge >= 0.3 is 0 Å². The van der Waals surface area contributed by atoms with Gasteiger partial charge in [-0.2, -0.15) is 0 Å². The first-order chi connectivity index (χ1) is 27.6. The van der Waals surface area contributed by atoms with Crippen LogP contribution >= 0.6 is 0 Å². The number of hydrogen-bond acceptors (Lipinski definition) is 5. The Morgan fingerprint density at radius 3 is 1.86 bits per heavy atom. The summed E-state index contributed by atoms with van der Waals surface area (Å²) < 4.78 is 0. The quantitative estimate of drug-likeness (QED) is 0.185. The van der Waals surface area contributed by atoms with Gasteiger partial charge in [0, 0.05) is 40.7 Å². The highest BCUT2D eigenvalue weighted by atomic mass is 15.1. The van der Waals surface area contributed by atoms with E-state index in [-0.39, 0.29) is 18.2 Å². The Morgan fingerprint density at radius 2 is 1.16 bits per heavy atom. The standard InChI is InChI=1S/C51H63N5/c1-34-29-30-44(35(2)52-34)40-25-15-26-41(31-40)45-33-46(54-51(53-45)39-23-13-6-14-24-39)42-27-16-28-43(32-42)50-49(38-21-11-5-12-22-38)55-47(36-17-7-3-8-18-36)48(56-50)37-19-9-4-10-20-37/h3-5,7-12,17-22,29-30,33,35,39-43,47-48,51-53,55-56H,6,13-16,23-28,31-32H2,1-2H3. The molecule has 3 aliphatic carbocycles. The van der Waals surface area contributed by atoms with Crippen molar-refractivity contribution < 1.29 is 0 Å². The summed E-state index contributed by atoms with van der Waals surface area (Å²) in [5.74, 6) is 2.73. The molecule has 3 aliphatic heterocycles. The Morgan fingerprint density at radius 1 is 0.554 bits per heavy atom. The van der Waals surface area contributed by atoms with Gasteiger partial charge in [0.1, 0.15) is 6.17 Å². The lowest BCUT2D eigenvalue weighted by atomic mass is 9.72. The minimum atomic E-state index is 0.106. The molecular formula is C51H63N5. The lowest BCUT2D eigenvalue weighted by Gasteiger charge is -2.43. The number of rotatable bonds is 8. The van der Waals surface area contributed by atoms with Crippen molar-refractivity contribution in [2.45, 2.75) is 122 Å². The van der Waals surface area contributed by atoms with Gasteiger partial charge in [-0.25, -0.2) is 0 Å². The van der Waals surface area contributed by atoms with Crippen LogP contribution in [0, 0.1) is 29.6 Å². The molecule has 3 aromatic rings. The van der Waals surface area contributed by atoms with Crippen molar-refractivity contribution in [1.82, 2.24) is 21.3 Å². The molecule has 3 saturated carbocycles. The van der Waals surface area contributed by atoms with Crippen LogP contribution in [-0.2, 0) is 0 Å². The SMILES string of the molecule is CC1=CC=C(C2CCCC(C3=CC(C4CCCC(C5=C(c6ccccc6)NC(c6ccccc6)C(c6ccccc6)N5)C4)=NC(C4CCCCC4)N3)C2)C(C)N1. The minimum absolute atomic E-state index is 0.106. The van der Waals surface area contributed by atoms with Gasteiger partial charge in [-0.05, 0) is 117 Å². The Kier molecular flexibility index (Phi) is 11.2. The summed E-state index contributed by atoms with van der Waals surface area (Å²) in [6.45, 7) is 4.54. The third-order valence-electron chi connectivity index (χ3n) is 14.2. The summed E-state index contributed by atoms with van der Waals surface area (Å²) in [5.41, 5.74) is 12.3. The Bertz CT molecular complexity index is 1950. The van der Waals surface area contributed by atoms with Gasteiger partial charge in [0.2, 0.25) is 0 Å². The first-order valence-corrected chi connectivity index (χ1v) is 22.2. The highest BCUT2D eigenvalue weighted by Crippen LogP contribution is 2.45. The Hall–Kier alpha value is -4.51. The highest BCUT2D eigenvalue weighted by molar-refractivity contribution is 5.98. The average Bonchev–Trinajstić information content (AvgIpc) is 3.27. The maximum absolute atomic E-state index is 5.72. The fraction of sp³-hybridized carbons (Fsp3) is 0.471. The zero-order valence-electron chi connectivity index (χ0n) is 33.7. The van der Waals surface area contributed by atoms with E-state index in [1.807, 2.05) is 0 Å². The summed E-state index contributed by atoms with van der Waals surface area (Å²) >= 11 is 0. The molecule has 8 atom stereocenters. The Balaban J connectivity index is 1.04. The van der Waals surface area contributed by atoms with Gasteiger partial charge in [-0.1, -0.05) is 129 Å². The second-order valence-electron chi connectivity index (χ2n) is 17.9. The number of hydrogen-bond donors (Lipinski definition) is 4. The van der Waals surface area contributed by atoms with Crippen molar-refractivity contribution in [3.8, 4) is 0 Å². The molecule has 0 bridgehead atoms. The predicted octanol–water partition coefficient (Wildman–Crippen LogP) is 11.3. The number of aliphatic imine (C=N–C) groups is 1. The zero-order valence-corrected chi connectivity index (χ0v) is 33.7. The first-order valence-electron chi connectivity index (χ1n) is 22.2. The lowest BCUT2D eigenvalue weighted by Crippen LogP contribution is -2.45. The average molecular weight is 746 g/mol. The van der Waals surface area contributed by atoms with Gasteiger partial charge in [0.15, 0.2) is 0 Å².